The topological polar surface area (TPSA) is 57.7 Å². The highest BCUT2D eigenvalue weighted by molar-refractivity contribution is 9.10. The maximum Gasteiger partial charge on any atom is 0.120 e. The summed E-state index contributed by atoms with van der Waals surface area (Å²) < 4.78 is 6.04. The van der Waals surface area contributed by atoms with Gasteiger partial charge in [-0.05, 0) is 36.4 Å². The third-order valence-corrected chi connectivity index (χ3v) is 2.95. The number of ether oxygens (including phenoxy) is 1. The molecular weight excluding hydrogens is 306 g/mol. The van der Waals surface area contributed by atoms with Gasteiger partial charge >= 0.3 is 0 Å². The van der Waals surface area contributed by atoms with Crippen LogP contribution in [0.4, 0.5) is 11.4 Å². The van der Waals surface area contributed by atoms with E-state index >= 15 is 0 Å². The van der Waals surface area contributed by atoms with Crippen LogP contribution in [0.25, 0.3) is 0 Å². The Kier molecular flexibility index (Phi) is 4.26. The number of rotatable bonds is 3. The molecule has 94 valence electrons. The van der Waals surface area contributed by atoms with Gasteiger partial charge in [-0.15, -0.1) is 5.11 Å². The maximum atomic E-state index is 9.06. The molecule has 0 bridgehead atoms. The predicted octanol–water partition coefficient (Wildman–Crippen LogP) is 4.74. The van der Waals surface area contributed by atoms with Crippen molar-refractivity contribution in [2.45, 2.75) is 0 Å². The van der Waals surface area contributed by atoms with Gasteiger partial charge in [-0.25, -0.2) is 0 Å². The fourth-order valence-corrected chi connectivity index (χ4v) is 1.70. The second-order valence-electron chi connectivity index (χ2n) is 3.67. The van der Waals surface area contributed by atoms with E-state index in [9.17, 15) is 0 Å². The lowest BCUT2D eigenvalue weighted by atomic mass is 10.2. The van der Waals surface area contributed by atoms with Crippen molar-refractivity contribution in [3.8, 4) is 11.8 Å². The molecule has 0 spiro atoms. The van der Waals surface area contributed by atoms with Crippen LogP contribution in [0.5, 0.6) is 5.75 Å². The highest BCUT2D eigenvalue weighted by Gasteiger charge is 2.03. The molecule has 2 aromatic carbocycles. The first kappa shape index (κ1) is 13.2. The normalized spacial score (nSPS) is 10.4. The Hall–Kier alpha value is -2.19. The third-order valence-electron chi connectivity index (χ3n) is 2.42. The molecule has 2 aromatic rings. The van der Waals surface area contributed by atoms with Gasteiger partial charge in [0.25, 0.3) is 0 Å². The average Bonchev–Trinajstić information content (AvgIpc) is 2.46. The van der Waals surface area contributed by atoms with Gasteiger partial charge in [0, 0.05) is 10.5 Å². The summed E-state index contributed by atoms with van der Waals surface area (Å²) in [6.45, 7) is 0. The molecule has 4 nitrogen and oxygen atoms in total. The Bertz CT molecular complexity index is 645. The molecule has 2 rings (SSSR count). The number of methoxy groups -OCH3 is 1. The van der Waals surface area contributed by atoms with Gasteiger partial charge in [0.05, 0.1) is 18.4 Å². The largest absolute Gasteiger partial charge is 0.497 e. The Balaban J connectivity index is 2.28. The molecular formula is C14H10BrN3O. The third kappa shape index (κ3) is 3.39. The molecule has 0 fully saturated rings. The number of nitriles is 1. The summed E-state index contributed by atoms with van der Waals surface area (Å²) in [6, 6.07) is 14.6. The molecule has 0 saturated heterocycles. The van der Waals surface area contributed by atoms with Gasteiger partial charge in [0.1, 0.15) is 17.5 Å². The second-order valence-corrected chi connectivity index (χ2v) is 4.59. The van der Waals surface area contributed by atoms with E-state index in [1.54, 1.807) is 25.3 Å². The van der Waals surface area contributed by atoms with Crippen LogP contribution in [0, 0.1) is 11.3 Å². The Morgan fingerprint density at radius 1 is 1.11 bits per heavy atom. The molecule has 0 heterocycles. The minimum absolute atomic E-state index is 0.431. The molecule has 0 radical (unpaired) electrons. The predicted molar refractivity (Wildman–Crippen MR) is 76.0 cm³/mol. The van der Waals surface area contributed by atoms with Crippen LogP contribution in [0.1, 0.15) is 5.56 Å². The molecule has 0 aliphatic carbocycles. The van der Waals surface area contributed by atoms with E-state index in [0.29, 0.717) is 17.0 Å². The monoisotopic (exact) mass is 315 g/mol. The fraction of sp³-hybridized carbons (Fsp3) is 0.0714. The Labute approximate surface area is 119 Å². The molecule has 0 aliphatic heterocycles. The summed E-state index contributed by atoms with van der Waals surface area (Å²) >= 11 is 3.35. The zero-order valence-corrected chi connectivity index (χ0v) is 11.8. The Morgan fingerprint density at radius 2 is 1.84 bits per heavy atom. The van der Waals surface area contributed by atoms with E-state index in [1.807, 2.05) is 24.3 Å². The highest BCUT2D eigenvalue weighted by Crippen LogP contribution is 2.26. The zero-order chi connectivity index (χ0) is 13.7. The summed E-state index contributed by atoms with van der Waals surface area (Å²) in [5.74, 6) is 0.624. The van der Waals surface area contributed by atoms with Crippen LogP contribution in [0.2, 0.25) is 0 Å². The number of hydrogen-bond acceptors (Lipinski definition) is 4. The van der Waals surface area contributed by atoms with E-state index in [0.717, 1.165) is 10.2 Å². The van der Waals surface area contributed by atoms with Crippen molar-refractivity contribution < 1.29 is 4.74 Å². The van der Waals surface area contributed by atoms with Crippen LogP contribution >= 0.6 is 15.9 Å². The fourth-order valence-electron chi connectivity index (χ4n) is 1.44. The molecule has 0 amide bonds. The van der Waals surface area contributed by atoms with E-state index in [-0.39, 0.29) is 0 Å². The maximum absolute atomic E-state index is 9.06. The van der Waals surface area contributed by atoms with Crippen LogP contribution in [0.15, 0.2) is 57.2 Å². The summed E-state index contributed by atoms with van der Waals surface area (Å²) in [5, 5.41) is 17.2. The van der Waals surface area contributed by atoms with E-state index < -0.39 is 0 Å². The lowest BCUT2D eigenvalue weighted by Gasteiger charge is -2.01. The standard InChI is InChI=1S/C14H10BrN3O/c1-19-13-6-7-14(10(8-13)9-16)18-17-12-4-2-11(15)3-5-12/h2-8H,1H3. The molecule has 0 aromatic heterocycles. The molecule has 0 atom stereocenters. The van der Waals surface area contributed by atoms with E-state index in [2.05, 4.69) is 32.2 Å². The first-order valence-electron chi connectivity index (χ1n) is 5.48. The number of nitrogens with zero attached hydrogens (tertiary/aromatic N) is 3. The van der Waals surface area contributed by atoms with Gasteiger partial charge < -0.3 is 4.74 Å². The van der Waals surface area contributed by atoms with Gasteiger partial charge in [-0.2, -0.15) is 10.4 Å². The zero-order valence-electron chi connectivity index (χ0n) is 10.2. The molecule has 5 heteroatoms. The van der Waals surface area contributed by atoms with E-state index in [4.69, 9.17) is 10.00 Å². The molecule has 19 heavy (non-hydrogen) atoms. The van der Waals surface area contributed by atoms with Gasteiger partial charge in [-0.1, -0.05) is 15.9 Å². The van der Waals surface area contributed by atoms with Gasteiger partial charge in [0.15, 0.2) is 0 Å². The summed E-state index contributed by atoms with van der Waals surface area (Å²) in [5.41, 5.74) is 1.68. The first-order valence-corrected chi connectivity index (χ1v) is 6.27. The number of benzene rings is 2. The second kappa shape index (κ2) is 6.12. The van der Waals surface area contributed by atoms with Crippen LogP contribution in [-0.2, 0) is 0 Å². The first-order chi connectivity index (χ1) is 9.22. The lowest BCUT2D eigenvalue weighted by molar-refractivity contribution is 0.414. The van der Waals surface area contributed by atoms with Gasteiger partial charge in [0.2, 0.25) is 0 Å². The molecule has 0 N–H and O–H groups in total. The minimum Gasteiger partial charge on any atom is -0.497 e. The quantitative estimate of drug-likeness (QED) is 0.768. The summed E-state index contributed by atoms with van der Waals surface area (Å²) in [7, 11) is 1.56. The molecule has 0 saturated carbocycles. The number of halogens is 1. The SMILES string of the molecule is COc1ccc(N=Nc2ccc(Br)cc2)c(C#N)c1. The summed E-state index contributed by atoms with van der Waals surface area (Å²) in [4.78, 5) is 0. The molecule has 0 unspecified atom stereocenters. The van der Waals surface area contributed by atoms with Crippen LogP contribution in [-0.4, -0.2) is 7.11 Å². The number of hydrogen-bond donors (Lipinski definition) is 0. The molecule has 0 aliphatic rings. The van der Waals surface area contributed by atoms with Crippen molar-refractivity contribution in [1.82, 2.24) is 0 Å². The average molecular weight is 316 g/mol. The summed E-state index contributed by atoms with van der Waals surface area (Å²) in [6.07, 6.45) is 0. The van der Waals surface area contributed by atoms with Crippen molar-refractivity contribution >= 4 is 27.3 Å². The highest BCUT2D eigenvalue weighted by atomic mass is 79.9. The lowest BCUT2D eigenvalue weighted by Crippen LogP contribution is -1.83. The van der Waals surface area contributed by atoms with Crippen LogP contribution < -0.4 is 4.74 Å². The van der Waals surface area contributed by atoms with Gasteiger partial charge in [-0.3, -0.25) is 0 Å². The van der Waals surface area contributed by atoms with Crippen LogP contribution in [0.3, 0.4) is 0 Å². The van der Waals surface area contributed by atoms with Crippen molar-refractivity contribution in [2.24, 2.45) is 10.2 Å². The minimum atomic E-state index is 0.431. The Morgan fingerprint density at radius 3 is 2.47 bits per heavy atom. The van der Waals surface area contributed by atoms with Crippen molar-refractivity contribution in [1.29, 1.82) is 5.26 Å². The smallest absolute Gasteiger partial charge is 0.120 e. The van der Waals surface area contributed by atoms with Crippen molar-refractivity contribution in [2.75, 3.05) is 7.11 Å². The van der Waals surface area contributed by atoms with Crippen molar-refractivity contribution in [3.63, 3.8) is 0 Å². The van der Waals surface area contributed by atoms with E-state index in [1.165, 1.54) is 0 Å². The van der Waals surface area contributed by atoms with Crippen molar-refractivity contribution in [3.05, 3.63) is 52.5 Å². The number of azo groups is 1.